The molecule has 0 aliphatic carbocycles. The molecule has 2 nitrogen and oxygen atoms in total. The van der Waals surface area contributed by atoms with Gasteiger partial charge in [0.2, 0.25) is 0 Å². The lowest BCUT2D eigenvalue weighted by Gasteiger charge is -2.30. The van der Waals surface area contributed by atoms with Gasteiger partial charge in [-0.25, -0.2) is 0 Å². The van der Waals surface area contributed by atoms with E-state index >= 15 is 0 Å². The minimum absolute atomic E-state index is 0.321. The van der Waals surface area contributed by atoms with Gasteiger partial charge in [0.1, 0.15) is 0 Å². The average Bonchev–Trinajstić information content (AvgIpc) is 1.85. The van der Waals surface area contributed by atoms with Crippen LogP contribution in [0.25, 0.3) is 0 Å². The van der Waals surface area contributed by atoms with Crippen molar-refractivity contribution in [2.45, 2.75) is 46.7 Å². The summed E-state index contributed by atoms with van der Waals surface area (Å²) in [5.41, 5.74) is 0.321. The van der Waals surface area contributed by atoms with Gasteiger partial charge in [-0.3, -0.25) is 0 Å². The summed E-state index contributed by atoms with van der Waals surface area (Å²) >= 11 is 0. The Morgan fingerprint density at radius 1 is 1.25 bits per heavy atom. The minimum atomic E-state index is 0.321. The Hall–Kier alpha value is -0.0800. The highest BCUT2D eigenvalue weighted by atomic mass is 16.5. The number of hydrogen-bond donors (Lipinski definition) is 1. The van der Waals surface area contributed by atoms with Crippen molar-refractivity contribution in [3.05, 3.63) is 0 Å². The molecule has 0 spiro atoms. The Balaban J connectivity index is 3.76. The predicted molar refractivity (Wildman–Crippen MR) is 53.4 cm³/mol. The van der Waals surface area contributed by atoms with Gasteiger partial charge in [-0.1, -0.05) is 20.8 Å². The number of nitrogens with one attached hydrogen (secondary N) is 1. The third kappa shape index (κ3) is 4.73. The Morgan fingerprint density at radius 2 is 1.75 bits per heavy atom. The van der Waals surface area contributed by atoms with Crippen LogP contribution in [0, 0.1) is 5.41 Å². The number of rotatable bonds is 4. The molecular formula is C10H23NO. The lowest BCUT2D eigenvalue weighted by Crippen LogP contribution is -2.44. The Labute approximate surface area is 76.7 Å². The summed E-state index contributed by atoms with van der Waals surface area (Å²) in [4.78, 5) is 0. The van der Waals surface area contributed by atoms with Crippen molar-refractivity contribution in [2.75, 3.05) is 13.7 Å². The molecule has 0 saturated carbocycles. The highest BCUT2D eigenvalue weighted by Crippen LogP contribution is 2.18. The first-order valence-electron chi connectivity index (χ1n) is 4.63. The largest absolute Gasteiger partial charge is 0.383 e. The molecule has 0 heterocycles. The maximum atomic E-state index is 5.05. The molecule has 0 aromatic heterocycles. The molecule has 0 saturated heterocycles. The quantitative estimate of drug-likeness (QED) is 0.702. The lowest BCUT2D eigenvalue weighted by molar-refractivity contribution is 0.153. The molecular weight excluding hydrogens is 150 g/mol. The second-order valence-corrected chi connectivity index (χ2v) is 4.61. The van der Waals surface area contributed by atoms with E-state index in [1.54, 1.807) is 7.11 Å². The molecule has 0 rings (SSSR count). The minimum Gasteiger partial charge on any atom is -0.383 e. The van der Waals surface area contributed by atoms with Crippen LogP contribution in [0.2, 0.25) is 0 Å². The van der Waals surface area contributed by atoms with Crippen molar-refractivity contribution in [3.63, 3.8) is 0 Å². The van der Waals surface area contributed by atoms with Gasteiger partial charge in [0.15, 0.2) is 0 Å². The number of ether oxygens (including phenoxy) is 1. The van der Waals surface area contributed by atoms with E-state index in [9.17, 15) is 0 Å². The molecule has 1 N–H and O–H groups in total. The summed E-state index contributed by atoms with van der Waals surface area (Å²) in [6.07, 6.45) is 0. The summed E-state index contributed by atoms with van der Waals surface area (Å²) in [7, 11) is 1.74. The summed E-state index contributed by atoms with van der Waals surface area (Å²) in [6, 6.07) is 0.951. The fourth-order valence-electron chi connectivity index (χ4n) is 0.975. The van der Waals surface area contributed by atoms with E-state index in [2.05, 4.69) is 39.9 Å². The average molecular weight is 173 g/mol. The second kappa shape index (κ2) is 4.83. The van der Waals surface area contributed by atoms with E-state index in [0.717, 1.165) is 6.61 Å². The molecule has 2 unspecified atom stereocenters. The molecule has 0 amide bonds. The van der Waals surface area contributed by atoms with Crippen molar-refractivity contribution >= 4 is 0 Å². The Bertz CT molecular complexity index is 117. The summed E-state index contributed by atoms with van der Waals surface area (Å²) < 4.78 is 5.05. The first-order valence-corrected chi connectivity index (χ1v) is 4.63. The van der Waals surface area contributed by atoms with Crippen LogP contribution in [0.4, 0.5) is 0 Å². The van der Waals surface area contributed by atoms with Crippen LogP contribution in [-0.2, 0) is 4.74 Å². The Kier molecular flexibility index (Phi) is 4.80. The zero-order valence-corrected chi connectivity index (χ0v) is 9.27. The summed E-state index contributed by atoms with van der Waals surface area (Å²) in [5, 5.41) is 3.50. The van der Waals surface area contributed by atoms with E-state index in [1.165, 1.54) is 0 Å². The van der Waals surface area contributed by atoms with Crippen LogP contribution in [-0.4, -0.2) is 25.8 Å². The molecule has 2 atom stereocenters. The van der Waals surface area contributed by atoms with E-state index in [1.807, 2.05) is 0 Å². The molecule has 0 aromatic carbocycles. The van der Waals surface area contributed by atoms with Crippen molar-refractivity contribution < 1.29 is 4.74 Å². The molecule has 0 aliphatic rings. The maximum Gasteiger partial charge on any atom is 0.0613 e. The van der Waals surface area contributed by atoms with Gasteiger partial charge in [0.25, 0.3) is 0 Å². The molecule has 12 heavy (non-hydrogen) atoms. The zero-order chi connectivity index (χ0) is 9.78. The van der Waals surface area contributed by atoms with Crippen molar-refractivity contribution in [1.29, 1.82) is 0 Å². The van der Waals surface area contributed by atoms with Gasteiger partial charge in [-0.2, -0.15) is 0 Å². The van der Waals surface area contributed by atoms with Crippen LogP contribution in [0.5, 0.6) is 0 Å². The first-order chi connectivity index (χ1) is 5.38. The van der Waals surface area contributed by atoms with Crippen LogP contribution >= 0.6 is 0 Å². The van der Waals surface area contributed by atoms with Gasteiger partial charge in [-0.05, 0) is 19.3 Å². The van der Waals surface area contributed by atoms with Gasteiger partial charge in [-0.15, -0.1) is 0 Å². The zero-order valence-electron chi connectivity index (χ0n) is 9.27. The monoisotopic (exact) mass is 173 g/mol. The number of methoxy groups -OCH3 is 1. The lowest BCUT2D eigenvalue weighted by atomic mass is 9.88. The second-order valence-electron chi connectivity index (χ2n) is 4.61. The highest BCUT2D eigenvalue weighted by molar-refractivity contribution is 4.78. The van der Waals surface area contributed by atoms with Gasteiger partial charge in [0.05, 0.1) is 6.61 Å². The third-order valence-corrected chi connectivity index (χ3v) is 2.25. The molecule has 0 fully saturated rings. The maximum absolute atomic E-state index is 5.05. The molecule has 0 aromatic rings. The standard InChI is InChI=1S/C10H23NO/c1-8(7-12-6)11-9(2)10(3,4)5/h8-9,11H,7H2,1-6H3. The van der Waals surface area contributed by atoms with E-state index in [0.29, 0.717) is 17.5 Å². The topological polar surface area (TPSA) is 21.3 Å². The van der Waals surface area contributed by atoms with Gasteiger partial charge >= 0.3 is 0 Å². The third-order valence-electron chi connectivity index (χ3n) is 2.25. The fourth-order valence-corrected chi connectivity index (χ4v) is 0.975. The van der Waals surface area contributed by atoms with E-state index < -0.39 is 0 Å². The molecule has 0 bridgehead atoms. The first kappa shape index (κ1) is 11.9. The fraction of sp³-hybridized carbons (Fsp3) is 1.00. The molecule has 74 valence electrons. The smallest absolute Gasteiger partial charge is 0.0613 e. The summed E-state index contributed by atoms with van der Waals surface area (Å²) in [6.45, 7) is 11.9. The molecule has 0 aliphatic heterocycles. The highest BCUT2D eigenvalue weighted by Gasteiger charge is 2.20. The van der Waals surface area contributed by atoms with Crippen molar-refractivity contribution in [2.24, 2.45) is 5.41 Å². The van der Waals surface area contributed by atoms with Crippen LogP contribution in [0.1, 0.15) is 34.6 Å². The van der Waals surface area contributed by atoms with Gasteiger partial charge < -0.3 is 10.1 Å². The van der Waals surface area contributed by atoms with Crippen LogP contribution < -0.4 is 5.32 Å². The summed E-state index contributed by atoms with van der Waals surface area (Å²) in [5.74, 6) is 0. The van der Waals surface area contributed by atoms with Crippen LogP contribution in [0.3, 0.4) is 0 Å². The molecule has 0 radical (unpaired) electrons. The SMILES string of the molecule is COCC(C)NC(C)C(C)(C)C. The van der Waals surface area contributed by atoms with Crippen LogP contribution in [0.15, 0.2) is 0 Å². The Morgan fingerprint density at radius 3 is 2.08 bits per heavy atom. The van der Waals surface area contributed by atoms with E-state index in [4.69, 9.17) is 4.74 Å². The normalized spacial score (nSPS) is 17.5. The number of hydrogen-bond acceptors (Lipinski definition) is 2. The van der Waals surface area contributed by atoms with Crippen molar-refractivity contribution in [1.82, 2.24) is 5.32 Å². The van der Waals surface area contributed by atoms with E-state index in [-0.39, 0.29) is 0 Å². The predicted octanol–water partition coefficient (Wildman–Crippen LogP) is 2.05. The van der Waals surface area contributed by atoms with Crippen molar-refractivity contribution in [3.8, 4) is 0 Å². The van der Waals surface area contributed by atoms with Gasteiger partial charge in [0, 0.05) is 19.2 Å². The molecule has 2 heteroatoms.